The van der Waals surface area contributed by atoms with Crippen LogP contribution in [-0.2, 0) is 19.2 Å². The van der Waals surface area contributed by atoms with E-state index in [1.807, 2.05) is 0 Å². The molecule has 2 N–H and O–H groups in total. The van der Waals surface area contributed by atoms with E-state index in [9.17, 15) is 29.4 Å². The van der Waals surface area contributed by atoms with Crippen molar-refractivity contribution in [2.75, 3.05) is 0 Å². The fraction of sp³-hybridized carbons (Fsp3) is 0.714. The quantitative estimate of drug-likeness (QED) is 0.745. The summed E-state index contributed by atoms with van der Waals surface area (Å²) in [5.41, 5.74) is 0. The van der Waals surface area contributed by atoms with Crippen LogP contribution in [0.5, 0.6) is 0 Å². The van der Waals surface area contributed by atoms with Gasteiger partial charge in [0.05, 0.1) is 0 Å². The maximum Gasteiger partial charge on any atom is 0.326 e. The van der Waals surface area contributed by atoms with Crippen molar-refractivity contribution in [1.82, 2.24) is 9.80 Å². The van der Waals surface area contributed by atoms with Crippen molar-refractivity contribution in [3.63, 3.8) is 0 Å². The summed E-state index contributed by atoms with van der Waals surface area (Å²) < 4.78 is 0. The minimum Gasteiger partial charge on any atom is -0.480 e. The van der Waals surface area contributed by atoms with Gasteiger partial charge in [-0.25, -0.2) is 9.59 Å². The van der Waals surface area contributed by atoms with E-state index in [1.54, 1.807) is 13.8 Å². The Bertz CT molecular complexity index is 475. The van der Waals surface area contributed by atoms with Crippen LogP contribution in [-0.4, -0.2) is 62.0 Å². The topological polar surface area (TPSA) is 115 Å². The Morgan fingerprint density at radius 2 is 1.32 bits per heavy atom. The molecule has 0 spiro atoms. The molecule has 0 aromatic heterocycles. The molecule has 0 bridgehead atoms. The zero-order chi connectivity index (χ0) is 16.6. The Morgan fingerprint density at radius 1 is 0.955 bits per heavy atom. The summed E-state index contributed by atoms with van der Waals surface area (Å²) in [5, 5.41) is 18.6. The van der Waals surface area contributed by atoms with Gasteiger partial charge in [-0.3, -0.25) is 9.59 Å². The van der Waals surface area contributed by atoms with E-state index in [2.05, 4.69) is 0 Å². The van der Waals surface area contributed by atoms with Crippen LogP contribution in [0.4, 0.5) is 0 Å². The first-order valence-electron chi connectivity index (χ1n) is 7.33. The fourth-order valence-electron chi connectivity index (χ4n) is 3.33. The molecule has 0 aliphatic carbocycles. The fourth-order valence-corrected chi connectivity index (χ4v) is 3.33. The first-order valence-corrected chi connectivity index (χ1v) is 7.33. The summed E-state index contributed by atoms with van der Waals surface area (Å²) >= 11 is 0. The molecule has 0 radical (unpaired) electrons. The molecule has 0 aromatic rings. The van der Waals surface area contributed by atoms with Gasteiger partial charge in [0, 0.05) is 12.8 Å². The Morgan fingerprint density at radius 3 is 1.59 bits per heavy atom. The standard InChI is InChI=1S/C14H20N2O6/c1-7(2)12(15-8(13(19)20)3-5-10(15)17)16-9(14(21)22)4-6-11(16)18/h7-9,12H,3-6H2,1-2H3,(H,19,20)(H,21,22). The van der Waals surface area contributed by atoms with Crippen molar-refractivity contribution in [3.8, 4) is 0 Å². The highest BCUT2D eigenvalue weighted by atomic mass is 16.4. The molecule has 122 valence electrons. The zero-order valence-electron chi connectivity index (χ0n) is 12.6. The first kappa shape index (κ1) is 16.3. The van der Waals surface area contributed by atoms with E-state index in [4.69, 9.17) is 0 Å². The number of carbonyl (C=O) groups excluding carboxylic acids is 2. The highest BCUT2D eigenvalue weighted by Crippen LogP contribution is 2.32. The molecule has 2 saturated heterocycles. The van der Waals surface area contributed by atoms with Gasteiger partial charge in [0.25, 0.3) is 0 Å². The summed E-state index contributed by atoms with van der Waals surface area (Å²) in [4.78, 5) is 49.4. The lowest BCUT2D eigenvalue weighted by Gasteiger charge is -2.41. The van der Waals surface area contributed by atoms with Gasteiger partial charge < -0.3 is 20.0 Å². The average Bonchev–Trinajstić information content (AvgIpc) is 2.95. The number of carbonyl (C=O) groups is 4. The zero-order valence-corrected chi connectivity index (χ0v) is 12.6. The molecule has 0 aromatic carbocycles. The highest BCUT2D eigenvalue weighted by Gasteiger charge is 2.49. The summed E-state index contributed by atoms with van der Waals surface area (Å²) in [7, 11) is 0. The third kappa shape index (κ3) is 2.65. The second-order valence-electron chi connectivity index (χ2n) is 6.05. The lowest BCUT2D eigenvalue weighted by molar-refractivity contribution is -0.162. The lowest BCUT2D eigenvalue weighted by atomic mass is 10.1. The van der Waals surface area contributed by atoms with Gasteiger partial charge in [-0.05, 0) is 18.8 Å². The smallest absolute Gasteiger partial charge is 0.326 e. The van der Waals surface area contributed by atoms with Crippen LogP contribution in [0.3, 0.4) is 0 Å². The molecule has 2 heterocycles. The van der Waals surface area contributed by atoms with Crippen molar-refractivity contribution in [3.05, 3.63) is 0 Å². The van der Waals surface area contributed by atoms with Crippen LogP contribution in [0.1, 0.15) is 39.5 Å². The molecular formula is C14H20N2O6. The van der Waals surface area contributed by atoms with E-state index in [-0.39, 0.29) is 43.4 Å². The van der Waals surface area contributed by atoms with E-state index >= 15 is 0 Å². The maximum atomic E-state index is 12.2. The number of hydrogen-bond acceptors (Lipinski definition) is 4. The number of likely N-dealkylation sites (tertiary alicyclic amines) is 2. The molecule has 2 amide bonds. The number of nitrogens with zero attached hydrogens (tertiary/aromatic N) is 2. The van der Waals surface area contributed by atoms with Crippen LogP contribution in [0.2, 0.25) is 0 Å². The van der Waals surface area contributed by atoms with Crippen LogP contribution < -0.4 is 0 Å². The summed E-state index contributed by atoms with van der Waals surface area (Å²) in [5.74, 6) is -3.23. The van der Waals surface area contributed by atoms with E-state index < -0.39 is 30.2 Å². The van der Waals surface area contributed by atoms with Crippen molar-refractivity contribution < 1.29 is 29.4 Å². The van der Waals surface area contributed by atoms with Crippen LogP contribution in [0.25, 0.3) is 0 Å². The predicted octanol–water partition coefficient (Wildman–Crippen LogP) is 0.120. The first-order chi connectivity index (χ1) is 10.3. The highest BCUT2D eigenvalue weighted by molar-refractivity contribution is 5.90. The van der Waals surface area contributed by atoms with Gasteiger partial charge in [-0.15, -0.1) is 0 Å². The van der Waals surface area contributed by atoms with Gasteiger partial charge in [-0.2, -0.15) is 0 Å². The number of carboxylic acid groups (broad SMARTS) is 2. The second kappa shape index (κ2) is 5.94. The lowest BCUT2D eigenvalue weighted by Crippen LogP contribution is -2.59. The SMILES string of the molecule is CC(C)C(N1C(=O)CCC1C(=O)O)N1C(=O)CCC1C(=O)O. The van der Waals surface area contributed by atoms with E-state index in [0.717, 1.165) is 0 Å². The van der Waals surface area contributed by atoms with Crippen molar-refractivity contribution in [1.29, 1.82) is 0 Å². The largest absolute Gasteiger partial charge is 0.480 e. The number of amides is 2. The number of carboxylic acids is 2. The third-order valence-corrected chi connectivity index (χ3v) is 4.25. The van der Waals surface area contributed by atoms with Crippen molar-refractivity contribution in [2.45, 2.75) is 57.8 Å². The molecular weight excluding hydrogens is 292 g/mol. The van der Waals surface area contributed by atoms with Crippen molar-refractivity contribution in [2.24, 2.45) is 5.92 Å². The summed E-state index contributed by atoms with van der Waals surface area (Å²) in [6.45, 7) is 3.50. The molecule has 2 fully saturated rings. The molecule has 22 heavy (non-hydrogen) atoms. The second-order valence-corrected chi connectivity index (χ2v) is 6.05. The molecule has 2 aliphatic heterocycles. The monoisotopic (exact) mass is 312 g/mol. The minimum atomic E-state index is -1.13. The minimum absolute atomic E-state index is 0.0972. The van der Waals surface area contributed by atoms with Gasteiger partial charge in [0.15, 0.2) is 0 Å². The summed E-state index contributed by atoms with van der Waals surface area (Å²) in [6, 6.07) is -2.02. The number of rotatable bonds is 5. The molecule has 8 nitrogen and oxygen atoms in total. The van der Waals surface area contributed by atoms with Gasteiger partial charge in [-0.1, -0.05) is 13.8 Å². The molecule has 2 unspecified atom stereocenters. The Kier molecular flexibility index (Phi) is 4.39. The maximum absolute atomic E-state index is 12.2. The van der Waals surface area contributed by atoms with Gasteiger partial charge in [0.2, 0.25) is 11.8 Å². The van der Waals surface area contributed by atoms with Gasteiger partial charge >= 0.3 is 11.9 Å². The Balaban J connectivity index is 2.40. The van der Waals surface area contributed by atoms with Crippen molar-refractivity contribution >= 4 is 23.8 Å². The van der Waals surface area contributed by atoms with E-state index in [0.29, 0.717) is 0 Å². The predicted molar refractivity (Wildman–Crippen MR) is 73.6 cm³/mol. The average molecular weight is 312 g/mol. The molecule has 0 saturated carbocycles. The third-order valence-electron chi connectivity index (χ3n) is 4.25. The van der Waals surface area contributed by atoms with Crippen LogP contribution in [0.15, 0.2) is 0 Å². The number of aliphatic carboxylic acids is 2. The Hall–Kier alpha value is -2.12. The Labute approximate surface area is 127 Å². The molecule has 2 atom stereocenters. The van der Waals surface area contributed by atoms with E-state index in [1.165, 1.54) is 9.80 Å². The van der Waals surface area contributed by atoms with Gasteiger partial charge in [0.1, 0.15) is 18.2 Å². The van der Waals surface area contributed by atoms with Crippen LogP contribution in [0, 0.1) is 5.92 Å². The summed E-state index contributed by atoms with van der Waals surface area (Å²) in [6.07, 6.45) is -0.291. The molecule has 8 heteroatoms. The molecule has 2 rings (SSSR count). The molecule has 2 aliphatic rings. The van der Waals surface area contributed by atoms with Crippen LogP contribution >= 0.6 is 0 Å². The normalized spacial score (nSPS) is 26.9. The number of hydrogen-bond donors (Lipinski definition) is 2.